The molecule has 0 atom stereocenters. The van der Waals surface area contributed by atoms with E-state index in [0.717, 1.165) is 36.8 Å². The zero-order valence-electron chi connectivity index (χ0n) is 53.6. The van der Waals surface area contributed by atoms with E-state index >= 15 is 0 Å². The molecule has 2 aromatic carbocycles. The SMILES string of the molecule is CCCCCCCCCCCCCCCCCCCCCCCCCCCCCCc1cccc(S(=O)(=O)[O-])c1.CCCCCCCCCCCCCCCCCCCCCCCCCCCCCCc1cccc(S(=O)(=O)[O-])c1.[Mg+2]. The molecule has 0 radical (unpaired) electrons. The number of rotatable bonds is 60. The van der Waals surface area contributed by atoms with Crippen LogP contribution in [0.25, 0.3) is 0 Å². The van der Waals surface area contributed by atoms with Crippen molar-refractivity contribution in [3.8, 4) is 0 Å². The van der Waals surface area contributed by atoms with E-state index in [0.29, 0.717) is 0 Å². The molecule has 0 saturated carbocycles. The van der Waals surface area contributed by atoms with Gasteiger partial charge in [-0.05, 0) is 61.1 Å². The Kier molecular flexibility index (Phi) is 60.0. The molecule has 0 aliphatic carbocycles. The fourth-order valence-electron chi connectivity index (χ4n) is 11.7. The van der Waals surface area contributed by atoms with Crippen molar-refractivity contribution in [3.05, 3.63) is 59.7 Å². The van der Waals surface area contributed by atoms with Crippen LogP contribution >= 0.6 is 0 Å². The van der Waals surface area contributed by atoms with Crippen molar-refractivity contribution in [1.29, 1.82) is 0 Å². The van der Waals surface area contributed by atoms with E-state index in [-0.39, 0.29) is 32.8 Å². The van der Waals surface area contributed by atoms with Crippen molar-refractivity contribution >= 4 is 43.3 Å². The van der Waals surface area contributed by atoms with Gasteiger partial charge in [-0.1, -0.05) is 385 Å². The molecule has 0 aliphatic rings. The van der Waals surface area contributed by atoms with E-state index in [1.807, 2.05) is 12.1 Å². The summed E-state index contributed by atoms with van der Waals surface area (Å²) >= 11 is 0. The van der Waals surface area contributed by atoms with Gasteiger partial charge in [-0.15, -0.1) is 0 Å². The van der Waals surface area contributed by atoms with Gasteiger partial charge in [-0.3, -0.25) is 0 Å². The van der Waals surface area contributed by atoms with Crippen molar-refractivity contribution in [2.24, 2.45) is 0 Å². The van der Waals surface area contributed by atoms with E-state index in [1.165, 1.54) is 371 Å². The van der Waals surface area contributed by atoms with Gasteiger partial charge in [0.1, 0.15) is 20.2 Å². The smallest absolute Gasteiger partial charge is 0.744 e. The Hall–Kier alpha value is -0.974. The second-order valence-electron chi connectivity index (χ2n) is 24.8. The molecule has 9 heteroatoms. The Morgan fingerprint density at radius 1 is 0.247 bits per heavy atom. The summed E-state index contributed by atoms with van der Waals surface area (Å²) in [7, 11) is -8.69. The van der Waals surface area contributed by atoms with Gasteiger partial charge in [0.2, 0.25) is 0 Å². The molecular weight excluding hydrogens is 1050 g/mol. The minimum Gasteiger partial charge on any atom is -0.744 e. The summed E-state index contributed by atoms with van der Waals surface area (Å²) in [6.07, 6.45) is 80.1. The van der Waals surface area contributed by atoms with Gasteiger partial charge < -0.3 is 9.11 Å². The molecule has 0 N–H and O–H groups in total. The topological polar surface area (TPSA) is 114 Å². The van der Waals surface area contributed by atoms with Crippen LogP contribution in [-0.4, -0.2) is 49.0 Å². The van der Waals surface area contributed by atoms with E-state index in [1.54, 1.807) is 12.1 Å². The maximum absolute atomic E-state index is 11.1. The van der Waals surface area contributed by atoms with Crippen molar-refractivity contribution in [2.45, 2.75) is 396 Å². The fourth-order valence-corrected chi connectivity index (χ4v) is 12.8. The summed E-state index contributed by atoms with van der Waals surface area (Å²) in [5, 5.41) is 0. The molecule has 6 nitrogen and oxygen atoms in total. The van der Waals surface area contributed by atoms with Gasteiger partial charge in [-0.2, -0.15) is 0 Å². The summed E-state index contributed by atoms with van der Waals surface area (Å²) in [5.41, 5.74) is 1.90. The normalized spacial score (nSPS) is 11.7. The van der Waals surface area contributed by atoms with Crippen LogP contribution in [-0.2, 0) is 33.1 Å². The Morgan fingerprint density at radius 3 is 0.543 bits per heavy atom. The molecule has 0 unspecified atom stereocenters. The van der Waals surface area contributed by atoms with E-state index in [4.69, 9.17) is 0 Å². The molecule has 2 aromatic rings. The summed E-state index contributed by atoms with van der Waals surface area (Å²) in [4.78, 5) is -0.213. The molecule has 0 saturated heterocycles. The summed E-state index contributed by atoms with van der Waals surface area (Å²) in [6, 6.07) is 13.0. The molecule has 0 aliphatic heterocycles. The van der Waals surface area contributed by atoms with Crippen molar-refractivity contribution in [3.63, 3.8) is 0 Å². The molecule has 81 heavy (non-hydrogen) atoms. The third-order valence-corrected chi connectivity index (χ3v) is 18.7. The Balaban J connectivity index is 0.00000156. The summed E-state index contributed by atoms with van der Waals surface area (Å²) in [6.45, 7) is 4.59. The molecular formula is C72H130MgO6S2. The van der Waals surface area contributed by atoms with Crippen LogP contribution in [0.3, 0.4) is 0 Å². The van der Waals surface area contributed by atoms with Crippen LogP contribution in [0.15, 0.2) is 58.3 Å². The second-order valence-corrected chi connectivity index (χ2v) is 27.6. The Bertz CT molecular complexity index is 1690. The maximum atomic E-state index is 11.1. The molecule has 0 spiro atoms. The minimum absolute atomic E-state index is 0. The minimum atomic E-state index is -4.34. The Morgan fingerprint density at radius 2 is 0.395 bits per heavy atom. The first-order valence-corrected chi connectivity index (χ1v) is 38.0. The van der Waals surface area contributed by atoms with Gasteiger partial charge in [0, 0.05) is 0 Å². The zero-order valence-corrected chi connectivity index (χ0v) is 56.7. The molecule has 2 rings (SSSR count). The molecule has 0 amide bonds. The first-order chi connectivity index (χ1) is 39.1. The maximum Gasteiger partial charge on any atom is 2.00 e. The molecule has 0 fully saturated rings. The van der Waals surface area contributed by atoms with Crippen LogP contribution in [0.4, 0.5) is 0 Å². The number of hydrogen-bond acceptors (Lipinski definition) is 6. The van der Waals surface area contributed by atoms with E-state index in [2.05, 4.69) is 13.8 Å². The first kappa shape index (κ1) is 80.0. The van der Waals surface area contributed by atoms with E-state index < -0.39 is 20.2 Å². The van der Waals surface area contributed by atoms with Crippen molar-refractivity contribution in [2.75, 3.05) is 0 Å². The molecule has 0 heterocycles. The molecule has 0 aromatic heterocycles. The predicted octanol–water partition coefficient (Wildman–Crippen LogP) is 23.8. The third kappa shape index (κ3) is 56.6. The van der Waals surface area contributed by atoms with Gasteiger partial charge in [0.25, 0.3) is 0 Å². The van der Waals surface area contributed by atoms with Gasteiger partial charge in [0.15, 0.2) is 0 Å². The number of aryl methyl sites for hydroxylation is 2. The average molecular weight is 1180 g/mol. The quantitative estimate of drug-likeness (QED) is 0.0370. The van der Waals surface area contributed by atoms with Crippen LogP contribution < -0.4 is 0 Å². The van der Waals surface area contributed by atoms with Gasteiger partial charge in [0.05, 0.1) is 9.79 Å². The summed E-state index contributed by atoms with van der Waals surface area (Å²) < 4.78 is 66.8. The zero-order chi connectivity index (χ0) is 58.0. The van der Waals surface area contributed by atoms with Crippen LogP contribution in [0.5, 0.6) is 0 Å². The standard InChI is InChI=1S/2C36H66O3S.Mg/c2*1-2-3-4-5-6-7-8-9-10-11-12-13-14-15-16-17-18-19-20-21-22-23-24-25-26-27-28-29-31-35-32-30-33-36(34-35)40(37,38)39;/h2*30,32-34H,2-29,31H2,1H3,(H,37,38,39);/q;;+2/p-2. The molecule has 0 bridgehead atoms. The number of unbranched alkanes of at least 4 members (excludes halogenated alkanes) is 54. The predicted molar refractivity (Wildman–Crippen MR) is 352 cm³/mol. The van der Waals surface area contributed by atoms with Crippen LogP contribution in [0.2, 0.25) is 0 Å². The average Bonchev–Trinajstić information content (AvgIpc) is 3.44. The fraction of sp³-hybridized carbons (Fsp3) is 0.833. The monoisotopic (exact) mass is 1180 g/mol. The number of hydrogen-bond donors (Lipinski definition) is 0. The summed E-state index contributed by atoms with van der Waals surface area (Å²) in [5.74, 6) is 0. The number of benzene rings is 2. The largest absolute Gasteiger partial charge is 2.00 e. The van der Waals surface area contributed by atoms with Crippen LogP contribution in [0.1, 0.15) is 385 Å². The third-order valence-electron chi connectivity index (χ3n) is 17.0. The van der Waals surface area contributed by atoms with Gasteiger partial charge >= 0.3 is 23.1 Å². The van der Waals surface area contributed by atoms with E-state index in [9.17, 15) is 25.9 Å². The molecule has 468 valence electrons. The first-order valence-electron chi connectivity index (χ1n) is 35.2. The second kappa shape index (κ2) is 60.7. The van der Waals surface area contributed by atoms with Crippen molar-refractivity contribution in [1.82, 2.24) is 0 Å². The van der Waals surface area contributed by atoms with Crippen LogP contribution in [0, 0.1) is 0 Å². The van der Waals surface area contributed by atoms with Crippen molar-refractivity contribution < 1.29 is 25.9 Å². The Labute approximate surface area is 521 Å². The van der Waals surface area contributed by atoms with Gasteiger partial charge in [-0.25, -0.2) is 16.8 Å².